The number of carbonyl (C=O) groups is 2. The molecule has 1 saturated heterocycles. The number of anilines is 1. The van der Waals surface area contributed by atoms with Crippen LogP contribution in [0.4, 0.5) is 5.69 Å². The van der Waals surface area contributed by atoms with Crippen molar-refractivity contribution in [1.82, 2.24) is 5.32 Å². The number of nitrogens with zero attached hydrogens (tertiary/aromatic N) is 1. The summed E-state index contributed by atoms with van der Waals surface area (Å²) in [6.07, 6.45) is 1.44. The van der Waals surface area contributed by atoms with E-state index in [0.29, 0.717) is 23.1 Å². The van der Waals surface area contributed by atoms with Crippen molar-refractivity contribution in [2.24, 2.45) is 0 Å². The van der Waals surface area contributed by atoms with Gasteiger partial charge in [-0.15, -0.1) is 0 Å². The number of amides is 2. The van der Waals surface area contributed by atoms with E-state index >= 15 is 0 Å². The Balaban J connectivity index is 1.65. The van der Waals surface area contributed by atoms with Crippen LogP contribution >= 0.6 is 28.1 Å². The van der Waals surface area contributed by atoms with E-state index in [2.05, 4.69) is 35.1 Å². The Hall–Kier alpha value is -3.03. The molecular formula is C24H19BrN2O3S. The van der Waals surface area contributed by atoms with Gasteiger partial charge in [-0.1, -0.05) is 54.0 Å². The molecule has 0 saturated carbocycles. The van der Waals surface area contributed by atoms with Crippen LogP contribution in [0.15, 0.2) is 75.1 Å². The Morgan fingerprint density at radius 3 is 2.48 bits per heavy atom. The van der Waals surface area contributed by atoms with E-state index in [1.807, 2.05) is 48.5 Å². The number of benzene rings is 2. The standard InChI is InChI=1S/C24H19BrN2O3S/c1-14(2)15-6-8-18(9-7-15)27-23(29)20(22(28)26-24(27)31)13-19-10-11-21(30-19)16-4-3-5-17(25)12-16/h3-14H,1-2H3,(H,26,28,31)/b20-13+. The van der Waals surface area contributed by atoms with Gasteiger partial charge < -0.3 is 4.42 Å². The summed E-state index contributed by atoms with van der Waals surface area (Å²) in [5.74, 6) is 0.355. The molecule has 0 unspecified atom stereocenters. The van der Waals surface area contributed by atoms with Crippen LogP contribution in [0.2, 0.25) is 0 Å². The number of thiocarbonyl (C=S) groups is 1. The summed E-state index contributed by atoms with van der Waals surface area (Å²) in [4.78, 5) is 27.0. The van der Waals surface area contributed by atoms with E-state index in [-0.39, 0.29) is 10.7 Å². The van der Waals surface area contributed by atoms with E-state index < -0.39 is 11.8 Å². The molecule has 2 amide bonds. The zero-order chi connectivity index (χ0) is 22.1. The predicted octanol–water partition coefficient (Wildman–Crippen LogP) is 5.66. The molecule has 1 N–H and O–H groups in total. The first-order valence-corrected chi connectivity index (χ1v) is 10.9. The van der Waals surface area contributed by atoms with E-state index in [0.717, 1.165) is 15.6 Å². The summed E-state index contributed by atoms with van der Waals surface area (Å²) in [6, 6.07) is 18.7. The van der Waals surface area contributed by atoms with Crippen LogP contribution in [0.1, 0.15) is 31.1 Å². The van der Waals surface area contributed by atoms with Crippen molar-refractivity contribution in [1.29, 1.82) is 0 Å². The van der Waals surface area contributed by atoms with Crippen LogP contribution in [-0.2, 0) is 9.59 Å². The van der Waals surface area contributed by atoms with Crippen LogP contribution in [0.3, 0.4) is 0 Å². The minimum atomic E-state index is -0.551. The maximum absolute atomic E-state index is 13.2. The van der Waals surface area contributed by atoms with Crippen LogP contribution in [0, 0.1) is 0 Å². The van der Waals surface area contributed by atoms with Crippen molar-refractivity contribution in [2.75, 3.05) is 4.90 Å². The van der Waals surface area contributed by atoms with Gasteiger partial charge in [0.25, 0.3) is 11.8 Å². The summed E-state index contributed by atoms with van der Waals surface area (Å²) in [5, 5.41) is 2.65. The highest BCUT2D eigenvalue weighted by Gasteiger charge is 2.34. The highest BCUT2D eigenvalue weighted by molar-refractivity contribution is 9.10. The van der Waals surface area contributed by atoms with Gasteiger partial charge in [-0.25, -0.2) is 0 Å². The van der Waals surface area contributed by atoms with Gasteiger partial charge in [-0.05, 0) is 66.2 Å². The van der Waals surface area contributed by atoms with Crippen molar-refractivity contribution in [3.8, 4) is 11.3 Å². The predicted molar refractivity (Wildman–Crippen MR) is 129 cm³/mol. The van der Waals surface area contributed by atoms with Crippen LogP contribution in [0.25, 0.3) is 17.4 Å². The molecule has 1 fully saturated rings. The third-order valence-electron chi connectivity index (χ3n) is 4.94. The lowest BCUT2D eigenvalue weighted by Crippen LogP contribution is -2.54. The van der Waals surface area contributed by atoms with Crippen molar-refractivity contribution in [3.63, 3.8) is 0 Å². The molecule has 0 bridgehead atoms. The molecule has 2 aromatic carbocycles. The second kappa shape index (κ2) is 8.61. The van der Waals surface area contributed by atoms with Crippen molar-refractivity contribution in [2.45, 2.75) is 19.8 Å². The monoisotopic (exact) mass is 494 g/mol. The number of halogens is 1. The maximum atomic E-state index is 13.2. The maximum Gasteiger partial charge on any atom is 0.270 e. The average Bonchev–Trinajstić information content (AvgIpc) is 3.20. The minimum absolute atomic E-state index is 0.0447. The summed E-state index contributed by atoms with van der Waals surface area (Å²) in [6.45, 7) is 4.19. The fraction of sp³-hybridized carbons (Fsp3) is 0.125. The summed E-state index contributed by atoms with van der Waals surface area (Å²) in [5.41, 5.74) is 2.58. The molecule has 3 aromatic rings. The third-order valence-corrected chi connectivity index (χ3v) is 5.72. The van der Waals surface area contributed by atoms with Crippen LogP contribution in [0.5, 0.6) is 0 Å². The number of carbonyl (C=O) groups excluding carboxylic acids is 2. The molecule has 2 heterocycles. The average molecular weight is 495 g/mol. The van der Waals surface area contributed by atoms with Crippen LogP contribution in [-0.4, -0.2) is 16.9 Å². The molecule has 7 heteroatoms. The normalized spacial score (nSPS) is 15.7. The SMILES string of the molecule is CC(C)c1ccc(N2C(=O)/C(=C/c3ccc(-c4cccc(Br)c4)o3)C(=O)NC2=S)cc1. The zero-order valence-corrected chi connectivity index (χ0v) is 19.3. The highest BCUT2D eigenvalue weighted by Crippen LogP contribution is 2.28. The van der Waals surface area contributed by atoms with Gasteiger partial charge in [0.2, 0.25) is 0 Å². The van der Waals surface area contributed by atoms with Crippen molar-refractivity contribution < 1.29 is 14.0 Å². The van der Waals surface area contributed by atoms with Crippen LogP contribution < -0.4 is 10.2 Å². The first-order chi connectivity index (χ1) is 14.8. The largest absolute Gasteiger partial charge is 0.457 e. The summed E-state index contributed by atoms with van der Waals surface area (Å²) in [7, 11) is 0. The fourth-order valence-electron chi connectivity index (χ4n) is 3.27. The topological polar surface area (TPSA) is 62.6 Å². The molecule has 1 aliphatic rings. The van der Waals surface area contributed by atoms with Gasteiger partial charge in [0.05, 0.1) is 5.69 Å². The Bertz CT molecular complexity index is 1210. The molecule has 0 spiro atoms. The fourth-order valence-corrected chi connectivity index (χ4v) is 3.95. The third kappa shape index (κ3) is 4.38. The van der Waals surface area contributed by atoms with E-state index in [1.54, 1.807) is 12.1 Å². The lowest BCUT2D eigenvalue weighted by Gasteiger charge is -2.29. The van der Waals surface area contributed by atoms with Gasteiger partial charge in [0.15, 0.2) is 5.11 Å². The Kier molecular flexibility index (Phi) is 5.89. The van der Waals surface area contributed by atoms with Gasteiger partial charge in [0.1, 0.15) is 17.1 Å². The first kappa shape index (κ1) is 21.2. The molecule has 4 rings (SSSR count). The zero-order valence-electron chi connectivity index (χ0n) is 16.9. The smallest absolute Gasteiger partial charge is 0.270 e. The van der Waals surface area contributed by atoms with Crippen molar-refractivity contribution >= 4 is 56.8 Å². The van der Waals surface area contributed by atoms with Gasteiger partial charge >= 0.3 is 0 Å². The minimum Gasteiger partial charge on any atom is -0.457 e. The van der Waals surface area contributed by atoms with Crippen molar-refractivity contribution in [3.05, 3.63) is 82.0 Å². The van der Waals surface area contributed by atoms with E-state index in [1.165, 1.54) is 11.0 Å². The molecule has 31 heavy (non-hydrogen) atoms. The second-order valence-corrected chi connectivity index (χ2v) is 8.72. The molecule has 1 aromatic heterocycles. The van der Waals surface area contributed by atoms with Gasteiger partial charge in [-0.2, -0.15) is 0 Å². The Morgan fingerprint density at radius 2 is 1.81 bits per heavy atom. The summed E-state index contributed by atoms with van der Waals surface area (Å²) < 4.78 is 6.78. The number of rotatable bonds is 4. The molecule has 1 aliphatic heterocycles. The molecule has 0 aliphatic carbocycles. The molecule has 0 atom stereocenters. The van der Waals surface area contributed by atoms with Gasteiger partial charge in [-0.3, -0.25) is 19.8 Å². The summed E-state index contributed by atoms with van der Waals surface area (Å²) >= 11 is 8.70. The lowest BCUT2D eigenvalue weighted by atomic mass is 10.0. The number of hydrogen-bond acceptors (Lipinski definition) is 4. The number of furan rings is 1. The molecule has 0 radical (unpaired) electrons. The first-order valence-electron chi connectivity index (χ1n) is 9.70. The Morgan fingerprint density at radius 1 is 1.06 bits per heavy atom. The molecule has 5 nitrogen and oxygen atoms in total. The molecular weight excluding hydrogens is 476 g/mol. The quantitative estimate of drug-likeness (QED) is 0.288. The van der Waals surface area contributed by atoms with Gasteiger partial charge in [0, 0.05) is 10.0 Å². The molecule has 156 valence electrons. The Labute approximate surface area is 193 Å². The number of nitrogens with one attached hydrogen (secondary N) is 1. The van der Waals surface area contributed by atoms with E-state index in [4.69, 9.17) is 16.6 Å². The number of hydrogen-bond donors (Lipinski definition) is 1. The van der Waals surface area contributed by atoms with E-state index in [9.17, 15) is 9.59 Å². The highest BCUT2D eigenvalue weighted by atomic mass is 79.9. The lowest BCUT2D eigenvalue weighted by molar-refractivity contribution is -0.122. The second-order valence-electron chi connectivity index (χ2n) is 7.42.